The fourth-order valence-corrected chi connectivity index (χ4v) is 1.49. The molecular weight excluding hydrogens is 177 g/mol. The Bertz CT molecular complexity index is 223. The van der Waals surface area contributed by atoms with Crippen molar-refractivity contribution in [3.05, 3.63) is 0 Å². The topological polar surface area (TPSA) is 70.3 Å². The molecule has 0 heterocycles. The number of nitriles is 1. The SMILES string of the molecule is CCC(C)OP(=O)(O)C(C)C#N. The summed E-state index contributed by atoms with van der Waals surface area (Å²) in [5.41, 5.74) is -0.952. The minimum atomic E-state index is -3.72. The second-order valence-corrected chi connectivity index (χ2v) is 4.81. The first-order valence-corrected chi connectivity index (χ1v) is 5.49. The van der Waals surface area contributed by atoms with Crippen molar-refractivity contribution in [2.45, 2.75) is 39.0 Å². The van der Waals surface area contributed by atoms with Gasteiger partial charge in [-0.1, -0.05) is 6.92 Å². The van der Waals surface area contributed by atoms with E-state index in [0.29, 0.717) is 6.42 Å². The van der Waals surface area contributed by atoms with Gasteiger partial charge in [0.15, 0.2) is 0 Å². The zero-order valence-electron chi connectivity index (χ0n) is 7.52. The van der Waals surface area contributed by atoms with Crippen molar-refractivity contribution < 1.29 is 14.0 Å². The van der Waals surface area contributed by atoms with E-state index in [0.717, 1.165) is 0 Å². The van der Waals surface area contributed by atoms with Crippen LogP contribution in [0.5, 0.6) is 0 Å². The van der Waals surface area contributed by atoms with Crippen LogP contribution in [0.4, 0.5) is 0 Å². The summed E-state index contributed by atoms with van der Waals surface area (Å²) < 4.78 is 16.1. The molecule has 0 rings (SSSR count). The first-order valence-electron chi connectivity index (χ1n) is 3.84. The van der Waals surface area contributed by atoms with E-state index in [1.165, 1.54) is 6.92 Å². The Morgan fingerprint density at radius 1 is 1.67 bits per heavy atom. The molecule has 0 radical (unpaired) electrons. The molecule has 0 aliphatic rings. The standard InChI is InChI=1S/C7H14NO3P/c1-4-6(2)11-12(9,10)7(3)5-8/h6-7H,4H2,1-3H3,(H,9,10). The van der Waals surface area contributed by atoms with Gasteiger partial charge < -0.3 is 9.42 Å². The van der Waals surface area contributed by atoms with Crippen LogP contribution >= 0.6 is 7.60 Å². The molecule has 5 heteroatoms. The Labute approximate surface area is 72.7 Å². The zero-order valence-corrected chi connectivity index (χ0v) is 8.41. The van der Waals surface area contributed by atoms with E-state index in [9.17, 15) is 9.46 Å². The van der Waals surface area contributed by atoms with Crippen LogP contribution in [0.25, 0.3) is 0 Å². The highest BCUT2D eigenvalue weighted by Crippen LogP contribution is 2.48. The summed E-state index contributed by atoms with van der Waals surface area (Å²) in [7, 11) is -3.72. The summed E-state index contributed by atoms with van der Waals surface area (Å²) in [6.45, 7) is 4.93. The molecule has 0 spiro atoms. The molecule has 0 aromatic carbocycles. The highest BCUT2D eigenvalue weighted by atomic mass is 31.2. The van der Waals surface area contributed by atoms with Crippen LogP contribution in [-0.2, 0) is 9.09 Å². The van der Waals surface area contributed by atoms with Crippen molar-refractivity contribution in [3.8, 4) is 6.07 Å². The lowest BCUT2D eigenvalue weighted by molar-refractivity contribution is 0.183. The van der Waals surface area contributed by atoms with Gasteiger partial charge in [-0.15, -0.1) is 0 Å². The molecule has 70 valence electrons. The number of hydrogen-bond donors (Lipinski definition) is 1. The van der Waals surface area contributed by atoms with Gasteiger partial charge in [0.2, 0.25) is 0 Å². The van der Waals surface area contributed by atoms with Gasteiger partial charge in [0, 0.05) is 0 Å². The van der Waals surface area contributed by atoms with Crippen molar-refractivity contribution >= 4 is 7.60 Å². The summed E-state index contributed by atoms with van der Waals surface area (Å²) in [6.07, 6.45) is 0.375. The van der Waals surface area contributed by atoms with Crippen LogP contribution in [0.2, 0.25) is 0 Å². The predicted molar refractivity (Wildman–Crippen MR) is 45.7 cm³/mol. The lowest BCUT2D eigenvalue weighted by Crippen LogP contribution is -2.10. The molecule has 4 nitrogen and oxygen atoms in total. The molecule has 0 fully saturated rings. The number of rotatable bonds is 4. The van der Waals surface area contributed by atoms with E-state index in [1.54, 1.807) is 13.0 Å². The summed E-state index contributed by atoms with van der Waals surface area (Å²) in [5, 5.41) is 8.39. The lowest BCUT2D eigenvalue weighted by atomic mass is 10.3. The quantitative estimate of drug-likeness (QED) is 0.689. The Morgan fingerprint density at radius 3 is 2.50 bits per heavy atom. The van der Waals surface area contributed by atoms with Crippen molar-refractivity contribution in [2.75, 3.05) is 0 Å². The van der Waals surface area contributed by atoms with Gasteiger partial charge in [0.05, 0.1) is 12.2 Å². The smallest absolute Gasteiger partial charge is 0.323 e. The van der Waals surface area contributed by atoms with Gasteiger partial charge in [-0.2, -0.15) is 5.26 Å². The average Bonchev–Trinajstić information content (AvgIpc) is 2.02. The molecule has 0 aromatic heterocycles. The second-order valence-electron chi connectivity index (χ2n) is 2.69. The van der Waals surface area contributed by atoms with E-state index in [4.69, 9.17) is 9.79 Å². The van der Waals surface area contributed by atoms with Crippen LogP contribution in [0.1, 0.15) is 27.2 Å². The van der Waals surface area contributed by atoms with Gasteiger partial charge in [-0.05, 0) is 20.3 Å². The van der Waals surface area contributed by atoms with Gasteiger partial charge >= 0.3 is 7.60 Å². The molecule has 0 amide bonds. The summed E-state index contributed by atoms with van der Waals surface area (Å²) >= 11 is 0. The minimum Gasteiger partial charge on any atom is -0.323 e. The summed E-state index contributed by atoms with van der Waals surface area (Å²) in [5.74, 6) is 0. The molecule has 0 saturated carbocycles. The maximum absolute atomic E-state index is 11.2. The molecule has 0 aliphatic heterocycles. The van der Waals surface area contributed by atoms with Crippen LogP contribution in [0.15, 0.2) is 0 Å². The molecular formula is C7H14NO3P. The molecule has 3 atom stereocenters. The Morgan fingerprint density at radius 2 is 2.17 bits per heavy atom. The number of hydrogen-bond acceptors (Lipinski definition) is 3. The molecule has 0 saturated heterocycles. The van der Waals surface area contributed by atoms with Crippen molar-refractivity contribution in [1.82, 2.24) is 0 Å². The predicted octanol–water partition coefficient (Wildman–Crippen LogP) is 1.90. The van der Waals surface area contributed by atoms with E-state index in [1.807, 2.05) is 6.92 Å². The van der Waals surface area contributed by atoms with E-state index >= 15 is 0 Å². The molecule has 3 unspecified atom stereocenters. The average molecular weight is 191 g/mol. The third-order valence-electron chi connectivity index (χ3n) is 1.58. The van der Waals surface area contributed by atoms with Crippen LogP contribution in [0, 0.1) is 11.3 Å². The molecule has 12 heavy (non-hydrogen) atoms. The van der Waals surface area contributed by atoms with E-state index < -0.39 is 13.3 Å². The highest BCUT2D eigenvalue weighted by molar-refractivity contribution is 7.53. The fraction of sp³-hybridized carbons (Fsp3) is 0.857. The first-order chi connectivity index (χ1) is 5.44. The maximum Gasteiger partial charge on any atom is 0.345 e. The largest absolute Gasteiger partial charge is 0.345 e. The normalized spacial score (nSPS) is 20.6. The molecule has 1 N–H and O–H groups in total. The number of nitrogens with zero attached hydrogens (tertiary/aromatic N) is 1. The second kappa shape index (κ2) is 4.61. The highest BCUT2D eigenvalue weighted by Gasteiger charge is 2.29. The third kappa shape index (κ3) is 3.36. The fourth-order valence-electron chi connectivity index (χ4n) is 0.497. The molecule has 0 aliphatic carbocycles. The lowest BCUT2D eigenvalue weighted by Gasteiger charge is -2.17. The van der Waals surface area contributed by atoms with E-state index in [-0.39, 0.29) is 6.10 Å². The van der Waals surface area contributed by atoms with Crippen molar-refractivity contribution in [2.24, 2.45) is 0 Å². The minimum absolute atomic E-state index is 0.281. The summed E-state index contributed by atoms with van der Waals surface area (Å²) in [4.78, 5) is 9.20. The van der Waals surface area contributed by atoms with E-state index in [2.05, 4.69) is 0 Å². The first kappa shape index (κ1) is 11.6. The summed E-state index contributed by atoms with van der Waals surface area (Å²) in [6, 6.07) is 1.70. The van der Waals surface area contributed by atoms with Gasteiger partial charge in [-0.25, -0.2) is 0 Å². The Balaban J connectivity index is 4.25. The third-order valence-corrected chi connectivity index (χ3v) is 3.34. The van der Waals surface area contributed by atoms with Crippen LogP contribution in [-0.4, -0.2) is 16.7 Å². The van der Waals surface area contributed by atoms with Gasteiger partial charge in [-0.3, -0.25) is 4.57 Å². The van der Waals surface area contributed by atoms with Crippen LogP contribution in [0.3, 0.4) is 0 Å². The van der Waals surface area contributed by atoms with Crippen molar-refractivity contribution in [3.63, 3.8) is 0 Å². The molecule has 0 aromatic rings. The van der Waals surface area contributed by atoms with Gasteiger partial charge in [0.25, 0.3) is 0 Å². The monoisotopic (exact) mass is 191 g/mol. The van der Waals surface area contributed by atoms with Crippen molar-refractivity contribution in [1.29, 1.82) is 5.26 Å². The zero-order chi connectivity index (χ0) is 9.78. The van der Waals surface area contributed by atoms with Gasteiger partial charge in [0.1, 0.15) is 5.66 Å². The maximum atomic E-state index is 11.2. The molecule has 0 bridgehead atoms. The Hall–Kier alpha value is -0.360. The Kier molecular flexibility index (Phi) is 4.47. The van der Waals surface area contributed by atoms with Crippen LogP contribution < -0.4 is 0 Å².